The molecule has 0 aromatic heterocycles. The van der Waals surface area contributed by atoms with E-state index in [0.29, 0.717) is 11.3 Å². The van der Waals surface area contributed by atoms with Gasteiger partial charge in [-0.15, -0.1) is 0 Å². The number of hydrogen-bond acceptors (Lipinski definition) is 3. The van der Waals surface area contributed by atoms with Crippen LogP contribution in [0.4, 0.5) is 10.1 Å². The second-order valence-electron chi connectivity index (χ2n) is 4.96. The fourth-order valence-electron chi connectivity index (χ4n) is 2.10. The molecular weight excluding hydrogens is 269 g/mol. The van der Waals surface area contributed by atoms with E-state index < -0.39 is 11.8 Å². The van der Waals surface area contributed by atoms with E-state index in [9.17, 15) is 9.18 Å². The highest BCUT2D eigenvalue weighted by molar-refractivity contribution is 5.95. The molecule has 0 aliphatic rings. The van der Waals surface area contributed by atoms with Crippen molar-refractivity contribution in [3.63, 3.8) is 0 Å². The number of rotatable bonds is 4. The van der Waals surface area contributed by atoms with E-state index in [1.807, 2.05) is 38.1 Å². The van der Waals surface area contributed by atoms with Crippen molar-refractivity contribution in [2.45, 2.75) is 19.9 Å². The summed E-state index contributed by atoms with van der Waals surface area (Å²) in [6.07, 6.45) is 0. The SMILES string of the molecule is COC(=O)c1ccc(F)cc1NC(C)c1ccc(C)cc1. The predicted molar refractivity (Wildman–Crippen MR) is 81.0 cm³/mol. The van der Waals surface area contributed by atoms with E-state index in [2.05, 4.69) is 5.32 Å². The maximum absolute atomic E-state index is 13.4. The third-order valence-corrected chi connectivity index (χ3v) is 3.34. The lowest BCUT2D eigenvalue weighted by atomic mass is 10.1. The normalized spacial score (nSPS) is 11.8. The monoisotopic (exact) mass is 287 g/mol. The van der Waals surface area contributed by atoms with Crippen LogP contribution in [0, 0.1) is 12.7 Å². The van der Waals surface area contributed by atoms with Gasteiger partial charge >= 0.3 is 5.97 Å². The van der Waals surface area contributed by atoms with Crippen LogP contribution in [0.15, 0.2) is 42.5 Å². The minimum Gasteiger partial charge on any atom is -0.465 e. The number of esters is 1. The summed E-state index contributed by atoms with van der Waals surface area (Å²) in [4.78, 5) is 11.7. The maximum atomic E-state index is 13.4. The second-order valence-corrected chi connectivity index (χ2v) is 4.96. The number of hydrogen-bond donors (Lipinski definition) is 1. The highest BCUT2D eigenvalue weighted by Crippen LogP contribution is 2.24. The van der Waals surface area contributed by atoms with Gasteiger partial charge in [0.1, 0.15) is 5.82 Å². The van der Waals surface area contributed by atoms with Crippen LogP contribution in [0.25, 0.3) is 0 Å². The van der Waals surface area contributed by atoms with E-state index >= 15 is 0 Å². The fourth-order valence-corrected chi connectivity index (χ4v) is 2.10. The number of carbonyl (C=O) groups excluding carboxylic acids is 1. The van der Waals surface area contributed by atoms with E-state index in [4.69, 9.17) is 4.74 Å². The van der Waals surface area contributed by atoms with Gasteiger partial charge in [-0.3, -0.25) is 0 Å². The topological polar surface area (TPSA) is 38.3 Å². The summed E-state index contributed by atoms with van der Waals surface area (Å²) in [6.45, 7) is 3.97. The van der Waals surface area contributed by atoms with Crippen LogP contribution < -0.4 is 5.32 Å². The molecule has 4 heteroatoms. The molecular formula is C17H18FNO2. The van der Waals surface area contributed by atoms with Crippen LogP contribution >= 0.6 is 0 Å². The number of carbonyl (C=O) groups is 1. The molecule has 1 N–H and O–H groups in total. The molecule has 21 heavy (non-hydrogen) atoms. The Kier molecular flexibility index (Phi) is 4.58. The van der Waals surface area contributed by atoms with Gasteiger partial charge in [-0.05, 0) is 37.6 Å². The number of halogens is 1. The van der Waals surface area contributed by atoms with Crippen LogP contribution in [0.5, 0.6) is 0 Å². The van der Waals surface area contributed by atoms with Gasteiger partial charge in [-0.1, -0.05) is 29.8 Å². The Labute approximate surface area is 123 Å². The van der Waals surface area contributed by atoms with Crippen LogP contribution in [0.1, 0.15) is 34.5 Å². The number of ether oxygens (including phenoxy) is 1. The first-order valence-electron chi connectivity index (χ1n) is 6.72. The summed E-state index contributed by atoms with van der Waals surface area (Å²) in [5.74, 6) is -0.894. The van der Waals surface area contributed by atoms with Gasteiger partial charge in [-0.25, -0.2) is 9.18 Å². The molecule has 1 atom stereocenters. The molecule has 0 aliphatic heterocycles. The molecule has 2 aromatic rings. The highest BCUT2D eigenvalue weighted by atomic mass is 19.1. The average molecular weight is 287 g/mol. The van der Waals surface area contributed by atoms with Gasteiger partial charge in [-0.2, -0.15) is 0 Å². The van der Waals surface area contributed by atoms with Crippen molar-refractivity contribution in [1.29, 1.82) is 0 Å². The lowest BCUT2D eigenvalue weighted by Crippen LogP contribution is -2.12. The molecule has 3 nitrogen and oxygen atoms in total. The zero-order chi connectivity index (χ0) is 15.4. The van der Waals surface area contributed by atoms with Crippen LogP contribution in [-0.4, -0.2) is 13.1 Å². The summed E-state index contributed by atoms with van der Waals surface area (Å²) in [5.41, 5.74) is 2.97. The van der Waals surface area contributed by atoms with Crippen molar-refractivity contribution in [2.75, 3.05) is 12.4 Å². The molecule has 110 valence electrons. The lowest BCUT2D eigenvalue weighted by Gasteiger charge is -2.18. The average Bonchev–Trinajstić information content (AvgIpc) is 2.47. The summed E-state index contributed by atoms with van der Waals surface area (Å²) in [7, 11) is 1.30. The van der Waals surface area contributed by atoms with Crippen LogP contribution in [0.2, 0.25) is 0 Å². The van der Waals surface area contributed by atoms with Crippen molar-refractivity contribution in [3.8, 4) is 0 Å². The Morgan fingerprint density at radius 1 is 1.19 bits per heavy atom. The number of anilines is 1. The largest absolute Gasteiger partial charge is 0.465 e. The molecule has 0 fully saturated rings. The Bertz CT molecular complexity index is 638. The van der Waals surface area contributed by atoms with Gasteiger partial charge in [0.05, 0.1) is 18.4 Å². The smallest absolute Gasteiger partial charge is 0.339 e. The van der Waals surface area contributed by atoms with E-state index in [1.165, 1.54) is 30.9 Å². The molecule has 0 radical (unpaired) electrons. The van der Waals surface area contributed by atoms with Gasteiger partial charge in [0, 0.05) is 6.04 Å². The second kappa shape index (κ2) is 6.39. The molecule has 0 saturated heterocycles. The number of nitrogens with one attached hydrogen (secondary N) is 1. The third kappa shape index (κ3) is 3.60. The standard InChI is InChI=1S/C17H18FNO2/c1-11-4-6-13(7-5-11)12(2)19-16-10-14(18)8-9-15(16)17(20)21-3/h4-10,12,19H,1-3H3. The van der Waals surface area contributed by atoms with Gasteiger partial charge < -0.3 is 10.1 Å². The number of methoxy groups -OCH3 is 1. The predicted octanol–water partition coefficient (Wildman–Crippen LogP) is 4.09. The van der Waals surface area contributed by atoms with Crippen molar-refractivity contribution in [1.82, 2.24) is 0 Å². The van der Waals surface area contributed by atoms with E-state index in [-0.39, 0.29) is 6.04 Å². The Morgan fingerprint density at radius 3 is 2.48 bits per heavy atom. The molecule has 2 rings (SSSR count). The Morgan fingerprint density at radius 2 is 1.86 bits per heavy atom. The molecule has 0 saturated carbocycles. The van der Waals surface area contributed by atoms with Crippen LogP contribution in [-0.2, 0) is 4.74 Å². The van der Waals surface area contributed by atoms with Crippen molar-refractivity contribution < 1.29 is 13.9 Å². The Hall–Kier alpha value is -2.36. The van der Waals surface area contributed by atoms with Gasteiger partial charge in [0.25, 0.3) is 0 Å². The minimum atomic E-state index is -0.492. The summed E-state index contributed by atoms with van der Waals surface area (Å²) >= 11 is 0. The Balaban J connectivity index is 2.27. The van der Waals surface area contributed by atoms with E-state index in [1.54, 1.807) is 0 Å². The minimum absolute atomic E-state index is 0.0594. The number of aryl methyl sites for hydroxylation is 1. The van der Waals surface area contributed by atoms with E-state index in [0.717, 1.165) is 5.56 Å². The number of benzene rings is 2. The highest BCUT2D eigenvalue weighted by Gasteiger charge is 2.15. The molecule has 0 aliphatic carbocycles. The first-order chi connectivity index (χ1) is 10.0. The van der Waals surface area contributed by atoms with Crippen molar-refractivity contribution >= 4 is 11.7 Å². The van der Waals surface area contributed by atoms with Crippen molar-refractivity contribution in [3.05, 3.63) is 65.0 Å². The van der Waals surface area contributed by atoms with Gasteiger partial charge in [0.2, 0.25) is 0 Å². The molecule has 0 heterocycles. The first-order valence-corrected chi connectivity index (χ1v) is 6.72. The first kappa shape index (κ1) is 15.0. The lowest BCUT2D eigenvalue weighted by molar-refractivity contribution is 0.0601. The summed E-state index contributed by atoms with van der Waals surface area (Å²) in [5, 5.41) is 3.16. The summed E-state index contributed by atoms with van der Waals surface area (Å²) < 4.78 is 18.1. The quantitative estimate of drug-likeness (QED) is 0.861. The fraction of sp³-hybridized carbons (Fsp3) is 0.235. The molecule has 0 spiro atoms. The van der Waals surface area contributed by atoms with Gasteiger partial charge in [0.15, 0.2) is 0 Å². The molecule has 2 aromatic carbocycles. The molecule has 0 amide bonds. The maximum Gasteiger partial charge on any atom is 0.339 e. The molecule has 0 bridgehead atoms. The molecule has 1 unspecified atom stereocenters. The van der Waals surface area contributed by atoms with Crippen molar-refractivity contribution in [2.24, 2.45) is 0 Å². The van der Waals surface area contributed by atoms with Crippen LogP contribution in [0.3, 0.4) is 0 Å². The zero-order valence-electron chi connectivity index (χ0n) is 12.3. The summed E-state index contributed by atoms with van der Waals surface area (Å²) in [6, 6.07) is 11.9. The third-order valence-electron chi connectivity index (χ3n) is 3.34. The zero-order valence-corrected chi connectivity index (χ0v) is 12.3.